The van der Waals surface area contributed by atoms with Crippen LogP contribution in [0.25, 0.3) is 0 Å². The summed E-state index contributed by atoms with van der Waals surface area (Å²) in [6.45, 7) is 3.02. The van der Waals surface area contributed by atoms with E-state index in [0.29, 0.717) is 23.8 Å². The van der Waals surface area contributed by atoms with Gasteiger partial charge in [0, 0.05) is 13.1 Å². The lowest BCUT2D eigenvalue weighted by atomic mass is 9.97. The van der Waals surface area contributed by atoms with Crippen LogP contribution in [0, 0.1) is 0 Å². The minimum atomic E-state index is -0.796. The van der Waals surface area contributed by atoms with Gasteiger partial charge in [-0.15, -0.1) is 0 Å². The lowest BCUT2D eigenvalue weighted by molar-refractivity contribution is -0.142. The third-order valence-corrected chi connectivity index (χ3v) is 3.66. The molecule has 17 heavy (non-hydrogen) atoms. The number of halogens is 1. The van der Waals surface area contributed by atoms with Gasteiger partial charge >= 0.3 is 5.97 Å². The molecule has 1 aliphatic heterocycles. The monoisotopic (exact) mass is 254 g/mol. The van der Waals surface area contributed by atoms with Crippen LogP contribution in [0.3, 0.4) is 0 Å². The van der Waals surface area contributed by atoms with Gasteiger partial charge in [0.15, 0.2) is 0 Å². The molecule has 2 rings (SSSR count). The molecule has 0 saturated carbocycles. The van der Waals surface area contributed by atoms with Crippen molar-refractivity contribution < 1.29 is 9.90 Å². The molecule has 1 heterocycles. The summed E-state index contributed by atoms with van der Waals surface area (Å²) in [5.41, 5.74) is 8.69. The number of nitrogen functional groups attached to an aromatic ring is 1. The molecule has 1 aromatic carbocycles. The Morgan fingerprint density at radius 1 is 1.59 bits per heavy atom. The largest absolute Gasteiger partial charge is 0.480 e. The predicted molar refractivity (Wildman–Crippen MR) is 67.1 cm³/mol. The molecule has 1 aromatic rings. The van der Waals surface area contributed by atoms with Gasteiger partial charge in [-0.3, -0.25) is 9.69 Å². The fourth-order valence-corrected chi connectivity index (χ4v) is 2.34. The third kappa shape index (κ3) is 2.23. The molecule has 0 spiro atoms. The topological polar surface area (TPSA) is 66.6 Å². The van der Waals surface area contributed by atoms with Gasteiger partial charge in [-0.25, -0.2) is 0 Å². The smallest absolute Gasteiger partial charge is 0.320 e. The minimum Gasteiger partial charge on any atom is -0.480 e. The van der Waals surface area contributed by atoms with Gasteiger partial charge in [-0.1, -0.05) is 17.7 Å². The van der Waals surface area contributed by atoms with E-state index >= 15 is 0 Å². The van der Waals surface area contributed by atoms with Gasteiger partial charge in [0.2, 0.25) is 0 Å². The molecule has 92 valence electrons. The Balaban J connectivity index is 2.26. The van der Waals surface area contributed by atoms with Crippen LogP contribution < -0.4 is 5.73 Å². The Hall–Kier alpha value is -1.26. The summed E-state index contributed by atoms with van der Waals surface area (Å²) in [6.07, 6.45) is 0.749. The second-order valence-corrected chi connectivity index (χ2v) is 4.74. The average molecular weight is 255 g/mol. The van der Waals surface area contributed by atoms with Gasteiger partial charge in [-0.05, 0) is 30.5 Å². The Bertz CT molecular complexity index is 462. The number of carboxylic acid groups (broad SMARTS) is 1. The average Bonchev–Trinajstić information content (AvgIpc) is 2.32. The summed E-state index contributed by atoms with van der Waals surface area (Å²) in [7, 11) is 0. The highest BCUT2D eigenvalue weighted by Gasteiger charge is 2.26. The first kappa shape index (κ1) is 12.2. The molecule has 5 heteroatoms. The van der Waals surface area contributed by atoms with Crippen molar-refractivity contribution in [1.29, 1.82) is 0 Å². The number of aliphatic carboxylic acids is 1. The molecule has 0 aliphatic carbocycles. The fourth-order valence-electron chi connectivity index (χ4n) is 2.16. The highest BCUT2D eigenvalue weighted by atomic mass is 35.5. The van der Waals surface area contributed by atoms with Crippen molar-refractivity contribution in [2.45, 2.75) is 25.9 Å². The Morgan fingerprint density at radius 3 is 2.94 bits per heavy atom. The van der Waals surface area contributed by atoms with Crippen LogP contribution in [0.2, 0.25) is 5.02 Å². The van der Waals surface area contributed by atoms with Crippen molar-refractivity contribution in [2.24, 2.45) is 0 Å². The molecule has 3 N–H and O–H groups in total. The molecule has 0 bridgehead atoms. The first-order chi connectivity index (χ1) is 8.00. The SMILES string of the molecule is CC(C(=O)O)N1CCc2c(ccc(Cl)c2N)C1. The van der Waals surface area contributed by atoms with Gasteiger partial charge in [0.25, 0.3) is 0 Å². The van der Waals surface area contributed by atoms with Gasteiger partial charge in [0.05, 0.1) is 10.7 Å². The van der Waals surface area contributed by atoms with Crippen LogP contribution in [0.4, 0.5) is 5.69 Å². The highest BCUT2D eigenvalue weighted by molar-refractivity contribution is 6.33. The van der Waals surface area contributed by atoms with E-state index in [1.807, 2.05) is 11.0 Å². The molecule has 4 nitrogen and oxygen atoms in total. The third-order valence-electron chi connectivity index (χ3n) is 3.33. The van der Waals surface area contributed by atoms with E-state index in [2.05, 4.69) is 0 Å². The number of hydrogen-bond acceptors (Lipinski definition) is 3. The van der Waals surface area contributed by atoms with Crippen LogP contribution >= 0.6 is 11.6 Å². The molecule has 1 unspecified atom stereocenters. The van der Waals surface area contributed by atoms with E-state index in [0.717, 1.165) is 17.5 Å². The van der Waals surface area contributed by atoms with Crippen molar-refractivity contribution in [2.75, 3.05) is 12.3 Å². The molecule has 0 amide bonds. The maximum atomic E-state index is 10.9. The molecule has 1 atom stereocenters. The lowest BCUT2D eigenvalue weighted by Crippen LogP contribution is -2.42. The predicted octanol–water partition coefficient (Wildman–Crippen LogP) is 1.75. The molecule has 0 aromatic heterocycles. The van der Waals surface area contributed by atoms with Gasteiger partial charge < -0.3 is 10.8 Å². The number of rotatable bonds is 2. The Morgan fingerprint density at radius 2 is 2.29 bits per heavy atom. The number of carbonyl (C=O) groups is 1. The summed E-state index contributed by atoms with van der Waals surface area (Å²) < 4.78 is 0. The number of benzene rings is 1. The van der Waals surface area contributed by atoms with Crippen LogP contribution in [0.1, 0.15) is 18.1 Å². The summed E-state index contributed by atoms with van der Waals surface area (Å²) in [5.74, 6) is -0.796. The number of carboxylic acids is 1. The second kappa shape index (κ2) is 4.55. The van der Waals surface area contributed by atoms with E-state index in [1.54, 1.807) is 13.0 Å². The second-order valence-electron chi connectivity index (χ2n) is 4.33. The summed E-state index contributed by atoms with van der Waals surface area (Å²) in [6, 6.07) is 3.22. The van der Waals surface area contributed by atoms with Crippen LogP contribution in [-0.4, -0.2) is 28.6 Å². The van der Waals surface area contributed by atoms with Crippen LogP contribution in [0.15, 0.2) is 12.1 Å². The van der Waals surface area contributed by atoms with Crippen LogP contribution in [0.5, 0.6) is 0 Å². The first-order valence-corrected chi connectivity index (χ1v) is 5.91. The maximum absolute atomic E-state index is 10.9. The van der Waals surface area contributed by atoms with E-state index in [9.17, 15) is 4.79 Å². The Labute approximate surface area is 105 Å². The molecule has 0 radical (unpaired) electrons. The van der Waals surface area contributed by atoms with Crippen molar-refractivity contribution in [3.63, 3.8) is 0 Å². The summed E-state index contributed by atoms with van der Waals surface area (Å²) >= 11 is 5.96. The number of nitrogens with two attached hydrogens (primary N) is 1. The zero-order valence-electron chi connectivity index (χ0n) is 9.61. The number of anilines is 1. The summed E-state index contributed by atoms with van der Waals surface area (Å²) in [5, 5.41) is 9.57. The lowest BCUT2D eigenvalue weighted by Gasteiger charge is -2.32. The number of fused-ring (bicyclic) bond motifs is 1. The van der Waals surface area contributed by atoms with E-state index in [-0.39, 0.29) is 0 Å². The van der Waals surface area contributed by atoms with Gasteiger partial charge in [-0.2, -0.15) is 0 Å². The van der Waals surface area contributed by atoms with Gasteiger partial charge in [0.1, 0.15) is 6.04 Å². The quantitative estimate of drug-likeness (QED) is 0.790. The zero-order chi connectivity index (χ0) is 12.6. The number of nitrogens with zero attached hydrogens (tertiary/aromatic N) is 1. The zero-order valence-corrected chi connectivity index (χ0v) is 10.4. The van der Waals surface area contributed by atoms with E-state index in [1.165, 1.54) is 0 Å². The van der Waals surface area contributed by atoms with Crippen molar-refractivity contribution in [3.8, 4) is 0 Å². The minimum absolute atomic E-state index is 0.472. The molecular weight excluding hydrogens is 240 g/mol. The summed E-state index contributed by atoms with van der Waals surface area (Å²) in [4.78, 5) is 12.9. The molecule has 0 saturated heterocycles. The molecule has 1 aliphatic rings. The van der Waals surface area contributed by atoms with Crippen molar-refractivity contribution in [1.82, 2.24) is 4.90 Å². The fraction of sp³-hybridized carbons (Fsp3) is 0.417. The first-order valence-electron chi connectivity index (χ1n) is 5.53. The normalized spacial score (nSPS) is 17.5. The number of hydrogen-bond donors (Lipinski definition) is 2. The Kier molecular flexibility index (Phi) is 3.26. The van der Waals surface area contributed by atoms with Crippen molar-refractivity contribution >= 4 is 23.3 Å². The maximum Gasteiger partial charge on any atom is 0.320 e. The highest BCUT2D eigenvalue weighted by Crippen LogP contribution is 2.30. The van der Waals surface area contributed by atoms with E-state index < -0.39 is 12.0 Å². The van der Waals surface area contributed by atoms with Crippen molar-refractivity contribution in [3.05, 3.63) is 28.3 Å². The van der Waals surface area contributed by atoms with Crippen LogP contribution in [-0.2, 0) is 17.8 Å². The van der Waals surface area contributed by atoms with E-state index in [4.69, 9.17) is 22.4 Å². The molecule has 0 fully saturated rings. The standard InChI is InChI=1S/C12H15ClN2O2/c1-7(12(16)17)15-5-4-9-8(6-15)2-3-10(13)11(9)14/h2-3,7H,4-6,14H2,1H3,(H,16,17). The molecular formula is C12H15ClN2O2.